The molecule has 3 N–H and O–H groups in total. The van der Waals surface area contributed by atoms with E-state index >= 15 is 0 Å². The molecule has 1 atom stereocenters. The highest BCUT2D eigenvalue weighted by Crippen LogP contribution is 2.36. The monoisotopic (exact) mass is 536 g/mol. The van der Waals surface area contributed by atoms with Crippen molar-refractivity contribution in [2.45, 2.75) is 32.9 Å². The molecule has 1 aliphatic heterocycles. The lowest BCUT2D eigenvalue weighted by atomic mass is 9.96. The van der Waals surface area contributed by atoms with Crippen LogP contribution in [0, 0.1) is 11.7 Å². The summed E-state index contributed by atoms with van der Waals surface area (Å²) in [6.45, 7) is 4.32. The van der Waals surface area contributed by atoms with Gasteiger partial charge in [-0.25, -0.2) is 9.82 Å². The summed E-state index contributed by atoms with van der Waals surface area (Å²) in [4.78, 5) is 28.9. The van der Waals surface area contributed by atoms with Crippen molar-refractivity contribution in [3.8, 4) is 11.3 Å². The smallest absolute Gasteiger partial charge is 0.354 e. The van der Waals surface area contributed by atoms with Crippen molar-refractivity contribution in [1.82, 2.24) is 10.4 Å². The van der Waals surface area contributed by atoms with Gasteiger partial charge in [0.25, 0.3) is 11.8 Å². The molecular formula is C29H24F4N4O2. The first-order valence-corrected chi connectivity index (χ1v) is 12.4. The van der Waals surface area contributed by atoms with Crippen LogP contribution in [0.3, 0.4) is 0 Å². The van der Waals surface area contributed by atoms with Crippen LogP contribution in [-0.4, -0.2) is 23.0 Å². The van der Waals surface area contributed by atoms with E-state index in [1.165, 1.54) is 6.07 Å². The van der Waals surface area contributed by atoms with E-state index in [1.807, 2.05) is 12.1 Å². The quantitative estimate of drug-likeness (QED) is 0.234. The molecule has 4 aromatic rings. The van der Waals surface area contributed by atoms with Crippen LogP contribution in [0.1, 0.15) is 57.7 Å². The van der Waals surface area contributed by atoms with E-state index in [0.717, 1.165) is 36.1 Å². The highest BCUT2D eigenvalue weighted by molar-refractivity contribution is 6.18. The molecule has 1 unspecified atom stereocenters. The number of hydrogen-bond donors (Lipinski definition) is 3. The number of aromatic amines is 1. The maximum Gasteiger partial charge on any atom is 0.419 e. The number of rotatable bonds is 6. The average molecular weight is 537 g/mol. The van der Waals surface area contributed by atoms with E-state index in [1.54, 1.807) is 12.3 Å². The molecule has 200 valence electrons. The van der Waals surface area contributed by atoms with Crippen molar-refractivity contribution in [2.75, 3.05) is 5.32 Å². The highest BCUT2D eigenvalue weighted by Gasteiger charge is 2.35. The second-order valence-corrected chi connectivity index (χ2v) is 9.60. The summed E-state index contributed by atoms with van der Waals surface area (Å²) in [7, 11) is 0. The predicted octanol–water partition coefficient (Wildman–Crippen LogP) is 6.91. The fourth-order valence-corrected chi connectivity index (χ4v) is 4.71. The minimum absolute atomic E-state index is 0.0984. The zero-order valence-electron chi connectivity index (χ0n) is 21.0. The Labute approximate surface area is 221 Å². The molecule has 0 saturated heterocycles. The minimum Gasteiger partial charge on any atom is -0.354 e. The molecule has 2 heterocycles. The van der Waals surface area contributed by atoms with Crippen molar-refractivity contribution >= 4 is 34.6 Å². The SMILES string of the molecule is CCC(C)Cc1cccc(-c2[nH]c3cc(NC(=O)c4cccc(C(F)(F)F)c4F)cc4c3c2C=NNC4=O)c1. The maximum absolute atomic E-state index is 14.6. The van der Waals surface area contributed by atoms with E-state index in [-0.39, 0.29) is 11.3 Å². The summed E-state index contributed by atoms with van der Waals surface area (Å²) in [6.07, 6.45) is -1.46. The van der Waals surface area contributed by atoms with Crippen LogP contribution in [0.25, 0.3) is 22.2 Å². The summed E-state index contributed by atoms with van der Waals surface area (Å²) < 4.78 is 54.0. The van der Waals surface area contributed by atoms with Crippen LogP contribution < -0.4 is 10.7 Å². The minimum atomic E-state index is -4.96. The van der Waals surface area contributed by atoms with E-state index in [0.29, 0.717) is 34.1 Å². The van der Waals surface area contributed by atoms with Crippen molar-refractivity contribution in [2.24, 2.45) is 11.0 Å². The van der Waals surface area contributed by atoms with Gasteiger partial charge in [0.2, 0.25) is 0 Å². The number of hydrazone groups is 1. The summed E-state index contributed by atoms with van der Waals surface area (Å²) in [6, 6.07) is 13.4. The standard InChI is InChI=1S/C29H24F4N4O2/c1-3-15(2)10-16-6-4-7-17(11-16)26-21-14-34-37-28(39)20-12-18(13-23(36-26)24(20)21)35-27(38)19-8-5-9-22(25(19)30)29(31,32)33/h4-9,11-15,36H,3,10H2,1-2H3,(H,35,38)(H,37,39). The van der Waals surface area contributed by atoms with Crippen LogP contribution in [0.15, 0.2) is 59.7 Å². The number of nitrogens with zero attached hydrogens (tertiary/aromatic N) is 1. The molecule has 3 aromatic carbocycles. The number of benzene rings is 3. The molecule has 2 amide bonds. The number of H-pyrrole nitrogens is 1. The average Bonchev–Trinajstić information content (AvgIpc) is 3.17. The molecule has 5 rings (SSSR count). The van der Waals surface area contributed by atoms with Gasteiger partial charge < -0.3 is 10.3 Å². The van der Waals surface area contributed by atoms with Gasteiger partial charge in [-0.15, -0.1) is 0 Å². The fraction of sp³-hybridized carbons (Fsp3) is 0.207. The summed E-state index contributed by atoms with van der Waals surface area (Å²) in [5.74, 6) is -2.78. The molecule has 39 heavy (non-hydrogen) atoms. The Balaban J connectivity index is 1.57. The third-order valence-electron chi connectivity index (χ3n) is 6.84. The molecule has 0 spiro atoms. The predicted molar refractivity (Wildman–Crippen MR) is 141 cm³/mol. The van der Waals surface area contributed by atoms with Crippen molar-refractivity contribution in [3.63, 3.8) is 0 Å². The first-order chi connectivity index (χ1) is 18.6. The molecule has 0 radical (unpaired) electrons. The van der Waals surface area contributed by atoms with Gasteiger partial charge >= 0.3 is 6.18 Å². The summed E-state index contributed by atoms with van der Waals surface area (Å²) in [5, 5.41) is 7.03. The van der Waals surface area contributed by atoms with Gasteiger partial charge in [-0.1, -0.05) is 44.5 Å². The van der Waals surface area contributed by atoms with E-state index in [2.05, 4.69) is 46.8 Å². The number of alkyl halides is 3. The lowest BCUT2D eigenvalue weighted by molar-refractivity contribution is -0.140. The first-order valence-electron chi connectivity index (χ1n) is 12.4. The molecule has 0 bridgehead atoms. The Kier molecular flexibility index (Phi) is 6.71. The number of carbonyl (C=O) groups excluding carboxylic acids is 2. The molecule has 1 aromatic heterocycles. The fourth-order valence-electron chi connectivity index (χ4n) is 4.71. The van der Waals surface area contributed by atoms with Crippen LogP contribution in [0.2, 0.25) is 0 Å². The van der Waals surface area contributed by atoms with Gasteiger partial charge in [-0.3, -0.25) is 9.59 Å². The van der Waals surface area contributed by atoms with Gasteiger partial charge in [0.1, 0.15) is 5.82 Å². The first kappa shape index (κ1) is 26.1. The molecule has 1 aliphatic rings. The zero-order chi connectivity index (χ0) is 27.9. The van der Waals surface area contributed by atoms with Gasteiger partial charge in [-0.05, 0) is 53.8 Å². The number of aromatic nitrogens is 1. The lowest BCUT2D eigenvalue weighted by Gasteiger charge is -2.12. The van der Waals surface area contributed by atoms with Crippen LogP contribution in [0.5, 0.6) is 0 Å². The summed E-state index contributed by atoms with van der Waals surface area (Å²) in [5.41, 5.74) is 4.32. The van der Waals surface area contributed by atoms with Crippen LogP contribution in [-0.2, 0) is 12.6 Å². The Morgan fingerprint density at radius 3 is 2.62 bits per heavy atom. The lowest BCUT2D eigenvalue weighted by Crippen LogP contribution is -2.19. The maximum atomic E-state index is 14.6. The molecule has 0 fully saturated rings. The van der Waals surface area contributed by atoms with Gasteiger partial charge in [0, 0.05) is 22.2 Å². The largest absolute Gasteiger partial charge is 0.419 e. The van der Waals surface area contributed by atoms with E-state index < -0.39 is 34.9 Å². The van der Waals surface area contributed by atoms with E-state index in [4.69, 9.17) is 0 Å². The zero-order valence-corrected chi connectivity index (χ0v) is 21.0. The molecular weight excluding hydrogens is 512 g/mol. The molecule has 6 nitrogen and oxygen atoms in total. The van der Waals surface area contributed by atoms with Gasteiger partial charge in [-0.2, -0.15) is 18.3 Å². The third-order valence-corrected chi connectivity index (χ3v) is 6.84. The van der Waals surface area contributed by atoms with Gasteiger partial charge in [0.15, 0.2) is 0 Å². The topological polar surface area (TPSA) is 86.3 Å². The third kappa shape index (κ3) is 5.01. The van der Waals surface area contributed by atoms with Crippen molar-refractivity contribution in [1.29, 1.82) is 0 Å². The number of anilines is 1. The number of hydrogen-bond acceptors (Lipinski definition) is 3. The second-order valence-electron chi connectivity index (χ2n) is 9.60. The Morgan fingerprint density at radius 2 is 1.87 bits per heavy atom. The van der Waals surface area contributed by atoms with E-state index in [9.17, 15) is 27.2 Å². The number of carbonyl (C=O) groups is 2. The van der Waals surface area contributed by atoms with Crippen molar-refractivity contribution < 1.29 is 27.2 Å². The van der Waals surface area contributed by atoms with Gasteiger partial charge in [0.05, 0.1) is 28.6 Å². The normalized spacial score (nSPS) is 13.7. The number of amides is 2. The van der Waals surface area contributed by atoms with Crippen molar-refractivity contribution in [3.05, 3.63) is 88.2 Å². The Morgan fingerprint density at radius 1 is 1.10 bits per heavy atom. The highest BCUT2D eigenvalue weighted by atomic mass is 19.4. The number of halogens is 4. The Bertz CT molecular complexity index is 1640. The Hall–Kier alpha value is -4.47. The van der Waals surface area contributed by atoms with Crippen LogP contribution >= 0.6 is 0 Å². The molecule has 0 saturated carbocycles. The molecule has 10 heteroatoms. The van der Waals surface area contributed by atoms with Crippen LogP contribution in [0.4, 0.5) is 23.2 Å². The second kappa shape index (κ2) is 10.0. The summed E-state index contributed by atoms with van der Waals surface area (Å²) >= 11 is 0. The number of nitrogens with one attached hydrogen (secondary N) is 3. The molecule has 0 aliphatic carbocycles.